The summed E-state index contributed by atoms with van der Waals surface area (Å²) in [6, 6.07) is 9.76. The van der Waals surface area contributed by atoms with Gasteiger partial charge < -0.3 is 19.4 Å². The molecule has 1 fully saturated rings. The van der Waals surface area contributed by atoms with Crippen LogP contribution >= 0.6 is 12.4 Å². The normalized spacial score (nSPS) is 16.8. The van der Waals surface area contributed by atoms with Crippen LogP contribution in [0.3, 0.4) is 0 Å². The summed E-state index contributed by atoms with van der Waals surface area (Å²) < 4.78 is 10.4. The van der Waals surface area contributed by atoms with E-state index in [1.54, 1.807) is 12.0 Å². The number of methoxy groups -OCH3 is 1. The van der Waals surface area contributed by atoms with Crippen molar-refractivity contribution >= 4 is 24.2 Å². The molecule has 1 N–H and O–H groups in total. The maximum absolute atomic E-state index is 12.8. The van der Waals surface area contributed by atoms with E-state index in [1.165, 1.54) is 12.1 Å². The van der Waals surface area contributed by atoms with Gasteiger partial charge in [0.2, 0.25) is 0 Å². The van der Waals surface area contributed by atoms with Crippen LogP contribution in [0, 0.1) is 10.1 Å². The lowest BCUT2D eigenvalue weighted by Gasteiger charge is -2.36. The molecule has 1 aliphatic rings. The number of piperazine rings is 1. The average Bonchev–Trinajstić information content (AvgIpc) is 3.11. The number of para-hydroxylation sites is 1. The Hall–Kier alpha value is -2.58. The molecule has 134 valence electrons. The molecule has 1 amide bonds. The van der Waals surface area contributed by atoms with Crippen LogP contribution in [0.5, 0.6) is 5.75 Å². The lowest BCUT2D eigenvalue weighted by Crippen LogP contribution is -2.48. The third-order valence-electron chi connectivity index (χ3n) is 3.98. The van der Waals surface area contributed by atoms with Gasteiger partial charge in [-0.25, -0.2) is 0 Å². The van der Waals surface area contributed by atoms with Gasteiger partial charge >= 0.3 is 5.88 Å². The van der Waals surface area contributed by atoms with E-state index in [4.69, 9.17) is 9.15 Å². The number of halogens is 1. The van der Waals surface area contributed by atoms with E-state index < -0.39 is 10.8 Å². The Balaban J connectivity index is 0.00000225. The van der Waals surface area contributed by atoms with E-state index in [0.717, 1.165) is 5.56 Å². The van der Waals surface area contributed by atoms with Gasteiger partial charge in [0.1, 0.15) is 10.7 Å². The molecule has 1 aromatic carbocycles. The molecular formula is C16H18ClN3O5. The van der Waals surface area contributed by atoms with Crippen molar-refractivity contribution in [3.8, 4) is 5.75 Å². The molecule has 2 aromatic rings. The summed E-state index contributed by atoms with van der Waals surface area (Å²) in [5.74, 6) is -0.166. The van der Waals surface area contributed by atoms with Crippen molar-refractivity contribution < 1.29 is 18.9 Å². The SMILES string of the molecule is COc1ccccc1C1CNCCN1C(=O)c1ccc([N+](=O)[O-])o1.Cl. The Morgan fingerprint density at radius 3 is 2.80 bits per heavy atom. The van der Waals surface area contributed by atoms with E-state index in [-0.39, 0.29) is 30.1 Å². The number of ether oxygens (including phenoxy) is 1. The van der Waals surface area contributed by atoms with Gasteiger partial charge in [0.15, 0.2) is 5.76 Å². The zero-order valence-corrected chi connectivity index (χ0v) is 14.3. The highest BCUT2D eigenvalue weighted by molar-refractivity contribution is 5.92. The topological polar surface area (TPSA) is 97.8 Å². The maximum atomic E-state index is 12.8. The van der Waals surface area contributed by atoms with Crippen molar-refractivity contribution in [3.63, 3.8) is 0 Å². The van der Waals surface area contributed by atoms with Crippen molar-refractivity contribution in [3.05, 3.63) is 57.8 Å². The van der Waals surface area contributed by atoms with Gasteiger partial charge in [0, 0.05) is 25.2 Å². The Bertz CT molecular complexity index is 764. The van der Waals surface area contributed by atoms with Crippen molar-refractivity contribution in [2.45, 2.75) is 6.04 Å². The Labute approximate surface area is 150 Å². The number of amides is 1. The van der Waals surface area contributed by atoms with Crippen LogP contribution in [0.2, 0.25) is 0 Å². The van der Waals surface area contributed by atoms with Crippen molar-refractivity contribution in [2.24, 2.45) is 0 Å². The van der Waals surface area contributed by atoms with Gasteiger partial charge in [-0.3, -0.25) is 14.9 Å². The second-order valence-electron chi connectivity index (χ2n) is 5.36. The molecule has 1 aromatic heterocycles. The highest BCUT2D eigenvalue weighted by Crippen LogP contribution is 2.31. The maximum Gasteiger partial charge on any atom is 0.433 e. The number of benzene rings is 1. The molecule has 1 unspecified atom stereocenters. The second-order valence-corrected chi connectivity index (χ2v) is 5.36. The van der Waals surface area contributed by atoms with Gasteiger partial charge in [-0.1, -0.05) is 18.2 Å². The van der Waals surface area contributed by atoms with E-state index in [1.807, 2.05) is 24.3 Å². The van der Waals surface area contributed by atoms with E-state index in [2.05, 4.69) is 5.32 Å². The lowest BCUT2D eigenvalue weighted by atomic mass is 10.0. The molecule has 1 atom stereocenters. The van der Waals surface area contributed by atoms with Crippen LogP contribution in [-0.2, 0) is 0 Å². The van der Waals surface area contributed by atoms with Gasteiger partial charge in [0.05, 0.1) is 19.2 Å². The fourth-order valence-corrected chi connectivity index (χ4v) is 2.85. The summed E-state index contributed by atoms with van der Waals surface area (Å²) in [5, 5.41) is 14.0. The van der Waals surface area contributed by atoms with E-state index >= 15 is 0 Å². The molecule has 0 spiro atoms. The summed E-state index contributed by atoms with van der Waals surface area (Å²) in [4.78, 5) is 24.5. The number of nitrogens with zero attached hydrogens (tertiary/aromatic N) is 2. The minimum absolute atomic E-state index is 0. The lowest BCUT2D eigenvalue weighted by molar-refractivity contribution is -0.402. The molecule has 0 saturated carbocycles. The summed E-state index contributed by atoms with van der Waals surface area (Å²) in [5.41, 5.74) is 0.876. The Morgan fingerprint density at radius 1 is 1.36 bits per heavy atom. The van der Waals surface area contributed by atoms with Crippen LogP contribution in [-0.4, -0.2) is 42.5 Å². The number of rotatable bonds is 4. The van der Waals surface area contributed by atoms with Crippen molar-refractivity contribution in [1.82, 2.24) is 10.2 Å². The third kappa shape index (κ3) is 3.75. The Kier molecular flexibility index (Phi) is 6.00. The number of carbonyl (C=O) groups is 1. The Morgan fingerprint density at radius 2 is 2.12 bits per heavy atom. The molecule has 0 radical (unpaired) electrons. The first kappa shape index (κ1) is 18.8. The predicted molar refractivity (Wildman–Crippen MR) is 92.3 cm³/mol. The molecule has 0 bridgehead atoms. The molecule has 2 heterocycles. The van der Waals surface area contributed by atoms with E-state index in [9.17, 15) is 14.9 Å². The number of nitrogens with one attached hydrogen (secondary N) is 1. The number of hydrogen-bond acceptors (Lipinski definition) is 6. The number of nitro groups is 1. The minimum Gasteiger partial charge on any atom is -0.496 e. The molecule has 0 aliphatic carbocycles. The van der Waals surface area contributed by atoms with Gasteiger partial charge in [-0.2, -0.15) is 0 Å². The fourth-order valence-electron chi connectivity index (χ4n) is 2.85. The minimum atomic E-state index is -0.660. The van der Waals surface area contributed by atoms with Crippen LogP contribution in [0.25, 0.3) is 0 Å². The summed E-state index contributed by atoms with van der Waals surface area (Å²) in [6.07, 6.45) is 0. The highest BCUT2D eigenvalue weighted by Gasteiger charge is 2.32. The van der Waals surface area contributed by atoms with Gasteiger partial charge in [0.25, 0.3) is 5.91 Å². The van der Waals surface area contributed by atoms with Crippen LogP contribution in [0.15, 0.2) is 40.8 Å². The standard InChI is InChI=1S/C16H17N3O5.ClH/c1-23-13-5-3-2-4-11(13)12-10-17-8-9-18(12)16(20)14-6-7-15(24-14)19(21)22;/h2-7,12,17H,8-10H2,1H3;1H. The third-order valence-corrected chi connectivity index (χ3v) is 3.98. The quantitative estimate of drug-likeness (QED) is 0.658. The zero-order chi connectivity index (χ0) is 17.1. The molecule has 1 saturated heterocycles. The molecule has 3 rings (SSSR count). The average molecular weight is 368 g/mol. The monoisotopic (exact) mass is 367 g/mol. The van der Waals surface area contributed by atoms with Crippen LogP contribution in [0.4, 0.5) is 5.88 Å². The van der Waals surface area contributed by atoms with Crippen LogP contribution < -0.4 is 10.1 Å². The summed E-state index contributed by atoms with van der Waals surface area (Å²) in [6.45, 7) is 1.67. The van der Waals surface area contributed by atoms with Gasteiger partial charge in [-0.05, 0) is 12.1 Å². The fraction of sp³-hybridized carbons (Fsp3) is 0.312. The number of hydrogen-bond donors (Lipinski definition) is 1. The number of furan rings is 1. The first-order valence-corrected chi connectivity index (χ1v) is 7.50. The number of carbonyl (C=O) groups excluding carboxylic acids is 1. The summed E-state index contributed by atoms with van der Waals surface area (Å²) >= 11 is 0. The zero-order valence-electron chi connectivity index (χ0n) is 13.5. The first-order valence-electron chi connectivity index (χ1n) is 7.50. The smallest absolute Gasteiger partial charge is 0.433 e. The second kappa shape index (κ2) is 8.00. The highest BCUT2D eigenvalue weighted by atomic mass is 35.5. The summed E-state index contributed by atoms with van der Waals surface area (Å²) in [7, 11) is 1.58. The van der Waals surface area contributed by atoms with Crippen molar-refractivity contribution in [1.29, 1.82) is 0 Å². The molecular weight excluding hydrogens is 350 g/mol. The van der Waals surface area contributed by atoms with Crippen molar-refractivity contribution in [2.75, 3.05) is 26.7 Å². The molecule has 9 heteroatoms. The molecule has 25 heavy (non-hydrogen) atoms. The first-order chi connectivity index (χ1) is 11.6. The van der Waals surface area contributed by atoms with E-state index in [0.29, 0.717) is 25.4 Å². The van der Waals surface area contributed by atoms with Crippen LogP contribution in [0.1, 0.15) is 22.2 Å². The largest absolute Gasteiger partial charge is 0.496 e. The molecule has 8 nitrogen and oxygen atoms in total. The molecule has 1 aliphatic heterocycles. The predicted octanol–water partition coefficient (Wildman–Crippen LogP) is 2.40. The van der Waals surface area contributed by atoms with Gasteiger partial charge in [-0.15, -0.1) is 12.4 Å².